The van der Waals surface area contributed by atoms with Gasteiger partial charge in [-0.2, -0.15) is 5.10 Å². The summed E-state index contributed by atoms with van der Waals surface area (Å²) in [4.78, 5) is 39.5. The van der Waals surface area contributed by atoms with Crippen LogP contribution in [0.1, 0.15) is 19.4 Å². The number of aromatic nitrogens is 4. The van der Waals surface area contributed by atoms with Crippen LogP contribution in [0.3, 0.4) is 0 Å². The molecule has 2 aromatic rings. The number of amides is 1. The van der Waals surface area contributed by atoms with Crippen molar-refractivity contribution in [1.29, 1.82) is 0 Å². The van der Waals surface area contributed by atoms with E-state index in [9.17, 15) is 19.5 Å². The molecule has 3 rings (SSSR count). The first-order valence-electron chi connectivity index (χ1n) is 7.66. The fraction of sp³-hybridized carbons (Fsp3) is 0.467. The van der Waals surface area contributed by atoms with Crippen molar-refractivity contribution in [3.05, 3.63) is 51.6 Å². The summed E-state index contributed by atoms with van der Waals surface area (Å²) in [6.07, 6.45) is 4.97. The van der Waals surface area contributed by atoms with E-state index in [0.29, 0.717) is 13.0 Å². The van der Waals surface area contributed by atoms with E-state index in [1.165, 1.54) is 21.5 Å². The number of likely N-dealkylation sites (tertiary alicyclic amines) is 1. The Labute approximate surface area is 137 Å². The highest BCUT2D eigenvalue weighted by Gasteiger charge is 2.40. The van der Waals surface area contributed by atoms with E-state index >= 15 is 0 Å². The van der Waals surface area contributed by atoms with Gasteiger partial charge in [-0.15, -0.1) is 0 Å². The highest BCUT2D eigenvalue weighted by molar-refractivity contribution is 5.76. The van der Waals surface area contributed by atoms with Crippen molar-refractivity contribution in [3.63, 3.8) is 0 Å². The number of piperidine rings is 1. The van der Waals surface area contributed by atoms with E-state index in [-0.39, 0.29) is 19.0 Å². The minimum absolute atomic E-state index is 0.0996. The van der Waals surface area contributed by atoms with Crippen LogP contribution in [0, 0.1) is 0 Å². The van der Waals surface area contributed by atoms with Gasteiger partial charge in [0.2, 0.25) is 5.91 Å². The van der Waals surface area contributed by atoms with Crippen molar-refractivity contribution in [2.75, 3.05) is 13.1 Å². The molecule has 1 amide bonds. The number of hydrogen-bond acceptors (Lipinski definition) is 5. The molecule has 1 saturated heterocycles. The molecule has 1 fully saturated rings. The predicted octanol–water partition coefficient (Wildman–Crippen LogP) is -1.04. The summed E-state index contributed by atoms with van der Waals surface area (Å²) in [7, 11) is 0. The molecular formula is C15H19N5O4. The van der Waals surface area contributed by atoms with Crippen molar-refractivity contribution in [3.8, 4) is 0 Å². The molecule has 0 unspecified atom stereocenters. The highest BCUT2D eigenvalue weighted by atomic mass is 16.3. The molecule has 0 aliphatic carbocycles. The van der Waals surface area contributed by atoms with Crippen LogP contribution < -0.4 is 11.2 Å². The number of nitrogens with one attached hydrogen (secondary N) is 1. The van der Waals surface area contributed by atoms with Crippen molar-refractivity contribution >= 4 is 5.91 Å². The number of H-pyrrole nitrogens is 1. The molecule has 24 heavy (non-hydrogen) atoms. The lowest BCUT2D eigenvalue weighted by Gasteiger charge is -2.43. The number of carbonyl (C=O) groups is 1. The van der Waals surface area contributed by atoms with E-state index in [4.69, 9.17) is 0 Å². The van der Waals surface area contributed by atoms with Crippen LogP contribution in [-0.2, 0) is 11.3 Å². The normalized spacial score (nSPS) is 24.1. The standard InChI is InChI=1S/C15H19N5O4/c1-15(24)4-8-18(13(22)10-19-6-2-5-16-19)9-11(15)20-7-3-12(21)17-14(20)23/h2-3,5-7,11,24H,4,8-10H2,1H3,(H,17,21,23)/t11-,15-/m1/s1. The number of aliphatic hydroxyl groups is 1. The lowest BCUT2D eigenvalue weighted by Crippen LogP contribution is -2.55. The third-order valence-electron chi connectivity index (χ3n) is 4.40. The molecular weight excluding hydrogens is 314 g/mol. The first kappa shape index (κ1) is 16.2. The van der Waals surface area contributed by atoms with Crippen LogP contribution in [0.2, 0.25) is 0 Å². The zero-order valence-electron chi connectivity index (χ0n) is 13.3. The summed E-state index contributed by atoms with van der Waals surface area (Å²) in [5, 5.41) is 14.6. The molecule has 9 heteroatoms. The second-order valence-electron chi connectivity index (χ2n) is 6.18. The molecule has 0 saturated carbocycles. The topological polar surface area (TPSA) is 113 Å². The second-order valence-corrected chi connectivity index (χ2v) is 6.18. The van der Waals surface area contributed by atoms with Crippen LogP contribution in [0.25, 0.3) is 0 Å². The third-order valence-corrected chi connectivity index (χ3v) is 4.40. The van der Waals surface area contributed by atoms with Gasteiger partial charge in [0, 0.05) is 37.7 Å². The summed E-state index contributed by atoms with van der Waals surface area (Å²) in [6.45, 7) is 2.30. The molecule has 9 nitrogen and oxygen atoms in total. The number of hydrogen-bond donors (Lipinski definition) is 2. The SMILES string of the molecule is C[C@@]1(O)CCN(C(=O)Cn2cccn2)C[C@H]1n1ccc(=O)[nH]c1=O. The maximum absolute atomic E-state index is 12.4. The lowest BCUT2D eigenvalue weighted by molar-refractivity contribution is -0.139. The van der Waals surface area contributed by atoms with E-state index in [2.05, 4.69) is 10.1 Å². The molecule has 2 N–H and O–H groups in total. The maximum atomic E-state index is 12.4. The Morgan fingerprint density at radius 3 is 2.92 bits per heavy atom. The van der Waals surface area contributed by atoms with Crippen LogP contribution in [0.4, 0.5) is 0 Å². The highest BCUT2D eigenvalue weighted by Crippen LogP contribution is 2.30. The molecule has 2 atom stereocenters. The number of aromatic amines is 1. The van der Waals surface area contributed by atoms with E-state index in [1.807, 2.05) is 0 Å². The van der Waals surface area contributed by atoms with Crippen LogP contribution in [-0.4, -0.2) is 53.9 Å². The molecule has 3 heterocycles. The third kappa shape index (κ3) is 3.16. The van der Waals surface area contributed by atoms with E-state index in [1.54, 1.807) is 30.3 Å². The zero-order chi connectivity index (χ0) is 17.3. The summed E-state index contributed by atoms with van der Waals surface area (Å²) >= 11 is 0. The lowest BCUT2D eigenvalue weighted by atomic mass is 9.88. The van der Waals surface area contributed by atoms with Gasteiger partial charge in [-0.1, -0.05) is 0 Å². The molecule has 128 valence electrons. The summed E-state index contributed by atoms with van der Waals surface area (Å²) in [5.41, 5.74) is -2.27. The van der Waals surface area contributed by atoms with Gasteiger partial charge in [0.25, 0.3) is 5.56 Å². The minimum atomic E-state index is -1.16. The molecule has 0 bridgehead atoms. The van der Waals surface area contributed by atoms with Gasteiger partial charge in [-0.3, -0.25) is 23.8 Å². The van der Waals surface area contributed by atoms with Gasteiger partial charge in [0.15, 0.2) is 0 Å². The maximum Gasteiger partial charge on any atom is 0.328 e. The van der Waals surface area contributed by atoms with E-state index < -0.39 is 22.9 Å². The van der Waals surface area contributed by atoms with E-state index in [0.717, 1.165) is 0 Å². The Hall–Kier alpha value is -2.68. The molecule has 2 aromatic heterocycles. The fourth-order valence-corrected chi connectivity index (χ4v) is 2.94. The van der Waals surface area contributed by atoms with Gasteiger partial charge >= 0.3 is 5.69 Å². The van der Waals surface area contributed by atoms with Crippen LogP contribution in [0.15, 0.2) is 40.3 Å². The molecule has 0 radical (unpaired) electrons. The molecule has 0 aromatic carbocycles. The number of carbonyl (C=O) groups excluding carboxylic acids is 1. The van der Waals surface area contributed by atoms with Crippen molar-refractivity contribution in [1.82, 2.24) is 24.2 Å². The summed E-state index contributed by atoms with van der Waals surface area (Å²) in [6, 6.07) is 2.32. The van der Waals surface area contributed by atoms with Gasteiger partial charge in [-0.05, 0) is 19.4 Å². The summed E-state index contributed by atoms with van der Waals surface area (Å²) < 4.78 is 2.80. The zero-order valence-corrected chi connectivity index (χ0v) is 13.3. The Balaban J connectivity index is 1.83. The quantitative estimate of drug-likeness (QED) is 0.745. The van der Waals surface area contributed by atoms with Gasteiger partial charge in [0.05, 0.1) is 11.6 Å². The average Bonchev–Trinajstić information content (AvgIpc) is 3.00. The Kier molecular flexibility index (Phi) is 4.10. The average molecular weight is 333 g/mol. The molecule has 1 aliphatic rings. The van der Waals surface area contributed by atoms with Gasteiger partial charge in [0.1, 0.15) is 6.54 Å². The van der Waals surface area contributed by atoms with Crippen molar-refractivity contribution in [2.45, 2.75) is 31.5 Å². The second kappa shape index (κ2) is 6.08. The number of rotatable bonds is 3. The Bertz CT molecular complexity index is 836. The van der Waals surface area contributed by atoms with Gasteiger partial charge < -0.3 is 10.0 Å². The first-order valence-corrected chi connectivity index (χ1v) is 7.66. The van der Waals surface area contributed by atoms with Gasteiger partial charge in [-0.25, -0.2) is 4.79 Å². The summed E-state index contributed by atoms with van der Waals surface area (Å²) in [5.74, 6) is -0.142. The predicted molar refractivity (Wildman–Crippen MR) is 84.4 cm³/mol. The Morgan fingerprint density at radius 2 is 2.25 bits per heavy atom. The smallest absolute Gasteiger partial charge is 0.328 e. The number of nitrogens with zero attached hydrogens (tertiary/aromatic N) is 4. The van der Waals surface area contributed by atoms with Crippen LogP contribution in [0.5, 0.6) is 0 Å². The largest absolute Gasteiger partial charge is 0.388 e. The van der Waals surface area contributed by atoms with Crippen LogP contribution >= 0.6 is 0 Å². The van der Waals surface area contributed by atoms with Crippen molar-refractivity contribution < 1.29 is 9.90 Å². The molecule has 0 spiro atoms. The monoisotopic (exact) mass is 333 g/mol. The fourth-order valence-electron chi connectivity index (χ4n) is 2.94. The first-order chi connectivity index (χ1) is 11.4. The minimum Gasteiger partial charge on any atom is -0.388 e. The van der Waals surface area contributed by atoms with Crippen molar-refractivity contribution in [2.24, 2.45) is 0 Å². The molecule has 1 aliphatic heterocycles. The Morgan fingerprint density at radius 1 is 1.46 bits per heavy atom.